The molecule has 42 heavy (non-hydrogen) atoms. The fourth-order valence-corrected chi connectivity index (χ4v) is 5.54. The first kappa shape index (κ1) is 28.9. The van der Waals surface area contributed by atoms with E-state index in [-0.39, 0.29) is 23.2 Å². The molecule has 0 saturated carbocycles. The highest BCUT2D eigenvalue weighted by Gasteiger charge is 2.20. The summed E-state index contributed by atoms with van der Waals surface area (Å²) in [7, 11) is -2.33. The number of rotatable bonds is 11. The van der Waals surface area contributed by atoms with Crippen molar-refractivity contribution in [1.29, 1.82) is 0 Å². The maximum absolute atomic E-state index is 12.8. The average molecular weight is 602 g/mol. The number of aromatic nitrogens is 3. The minimum atomic E-state index is -3.90. The Bertz CT molecular complexity index is 1810. The fraction of sp³-hybridized carbons (Fsp3) is 0.100. The van der Waals surface area contributed by atoms with E-state index in [1.54, 1.807) is 17.7 Å². The zero-order valence-electron chi connectivity index (χ0n) is 22.5. The van der Waals surface area contributed by atoms with Gasteiger partial charge in [0.1, 0.15) is 18.1 Å². The number of benzene rings is 4. The molecule has 0 aliphatic heterocycles. The van der Waals surface area contributed by atoms with Gasteiger partial charge in [-0.1, -0.05) is 78.5 Å². The first-order chi connectivity index (χ1) is 20.3. The Morgan fingerprint density at radius 3 is 2.38 bits per heavy atom. The number of carbonyl (C=O) groups is 1. The van der Waals surface area contributed by atoms with Gasteiger partial charge in [-0.2, -0.15) is 0 Å². The molecule has 5 aromatic rings. The summed E-state index contributed by atoms with van der Waals surface area (Å²) in [5, 5.41) is 17.1. The highest BCUT2D eigenvalue weighted by atomic mass is 32.2. The third kappa shape index (κ3) is 6.79. The largest absolute Gasteiger partial charge is 0.495 e. The first-order valence-corrected chi connectivity index (χ1v) is 15.3. The zero-order valence-corrected chi connectivity index (χ0v) is 24.1. The van der Waals surface area contributed by atoms with Crippen LogP contribution in [-0.2, 0) is 21.4 Å². The van der Waals surface area contributed by atoms with Crippen LogP contribution in [0.25, 0.3) is 16.8 Å². The number of methoxy groups -OCH3 is 1. The van der Waals surface area contributed by atoms with E-state index < -0.39 is 10.0 Å². The maximum Gasteiger partial charge on any atom is 0.238 e. The van der Waals surface area contributed by atoms with Crippen LogP contribution >= 0.6 is 11.8 Å². The fourth-order valence-electron chi connectivity index (χ4n) is 4.21. The number of hydrogen-bond donors (Lipinski definition) is 2. The summed E-state index contributed by atoms with van der Waals surface area (Å²) in [5.41, 5.74) is 2.96. The van der Waals surface area contributed by atoms with Crippen molar-refractivity contribution in [1.82, 2.24) is 14.8 Å². The number of thioether (sulfide) groups is 1. The number of ether oxygens (including phenoxy) is 2. The predicted octanol–water partition coefficient (Wildman–Crippen LogP) is 4.90. The SMILES string of the molecule is COc1ccccc1-n1c(COc2ccccc2-c2ccccc2)nnc1SCC(=O)Nc1cccc(S(N)(=O)=O)c1. The van der Waals surface area contributed by atoms with Crippen molar-refractivity contribution in [2.24, 2.45) is 5.14 Å². The average Bonchev–Trinajstić information content (AvgIpc) is 3.41. The molecule has 0 aliphatic carbocycles. The number of nitrogens with two attached hydrogens (primary N) is 1. The number of nitrogens with one attached hydrogen (secondary N) is 1. The third-order valence-corrected chi connectivity index (χ3v) is 7.97. The Morgan fingerprint density at radius 2 is 1.62 bits per heavy atom. The molecule has 5 rings (SSSR count). The van der Waals surface area contributed by atoms with E-state index in [2.05, 4.69) is 15.5 Å². The van der Waals surface area contributed by atoms with Crippen LogP contribution in [0.15, 0.2) is 113 Å². The van der Waals surface area contributed by atoms with E-state index in [9.17, 15) is 13.2 Å². The van der Waals surface area contributed by atoms with E-state index in [1.165, 1.54) is 18.2 Å². The molecule has 3 N–H and O–H groups in total. The number of para-hydroxylation sites is 3. The van der Waals surface area contributed by atoms with E-state index >= 15 is 0 Å². The van der Waals surface area contributed by atoms with Crippen LogP contribution in [0.2, 0.25) is 0 Å². The summed E-state index contributed by atoms with van der Waals surface area (Å²) in [4.78, 5) is 12.7. The van der Waals surface area contributed by atoms with Crippen LogP contribution in [0.5, 0.6) is 11.5 Å². The van der Waals surface area contributed by atoms with Gasteiger partial charge in [0, 0.05) is 11.3 Å². The van der Waals surface area contributed by atoms with E-state index in [0.717, 1.165) is 22.9 Å². The Morgan fingerprint density at radius 1 is 0.905 bits per heavy atom. The molecule has 0 aliphatic rings. The Kier molecular flexibility index (Phi) is 8.86. The topological polar surface area (TPSA) is 138 Å². The summed E-state index contributed by atoms with van der Waals surface area (Å²) in [6, 6.07) is 30.9. The molecule has 0 atom stereocenters. The van der Waals surface area contributed by atoms with Crippen LogP contribution in [0.3, 0.4) is 0 Å². The smallest absolute Gasteiger partial charge is 0.238 e. The number of carbonyl (C=O) groups excluding carboxylic acids is 1. The van der Waals surface area contributed by atoms with Crippen molar-refractivity contribution >= 4 is 33.4 Å². The van der Waals surface area contributed by atoms with Crippen LogP contribution in [0.4, 0.5) is 5.69 Å². The third-order valence-electron chi connectivity index (χ3n) is 6.13. The van der Waals surface area contributed by atoms with Crippen molar-refractivity contribution in [2.45, 2.75) is 16.7 Å². The van der Waals surface area contributed by atoms with Crippen molar-refractivity contribution in [3.8, 4) is 28.3 Å². The standard InChI is InChI=1S/C30H27N5O5S2/c1-39-27-17-8-6-15-25(27)35-28(19-40-26-16-7-5-14-24(26)21-10-3-2-4-11-21)33-34-30(35)41-20-29(36)32-22-12-9-13-23(18-22)42(31,37)38/h2-18H,19-20H2,1H3,(H,32,36)(H2,31,37,38). The van der Waals surface area contributed by atoms with Gasteiger partial charge in [0.05, 0.1) is 23.4 Å². The molecule has 10 nitrogen and oxygen atoms in total. The summed E-state index contributed by atoms with van der Waals surface area (Å²) >= 11 is 1.16. The highest BCUT2D eigenvalue weighted by molar-refractivity contribution is 7.99. The lowest BCUT2D eigenvalue weighted by atomic mass is 10.1. The van der Waals surface area contributed by atoms with Gasteiger partial charge < -0.3 is 14.8 Å². The Labute approximate surface area is 247 Å². The molecule has 0 unspecified atom stereocenters. The van der Waals surface area contributed by atoms with E-state index in [0.29, 0.717) is 33.9 Å². The molecule has 0 radical (unpaired) electrons. The van der Waals surface area contributed by atoms with Gasteiger partial charge in [-0.05, 0) is 42.0 Å². The normalized spacial score (nSPS) is 11.2. The predicted molar refractivity (Wildman–Crippen MR) is 161 cm³/mol. The molecule has 1 amide bonds. The van der Waals surface area contributed by atoms with Crippen LogP contribution < -0.4 is 19.9 Å². The summed E-state index contributed by atoms with van der Waals surface area (Å²) in [6.45, 7) is 0.0992. The second-order valence-corrected chi connectivity index (χ2v) is 11.5. The minimum Gasteiger partial charge on any atom is -0.495 e. The van der Waals surface area contributed by atoms with Gasteiger partial charge in [-0.25, -0.2) is 13.6 Å². The highest BCUT2D eigenvalue weighted by Crippen LogP contribution is 2.32. The number of primary sulfonamides is 1. The summed E-state index contributed by atoms with van der Waals surface area (Å²) < 4.78 is 37.0. The van der Waals surface area contributed by atoms with Gasteiger partial charge in [0.15, 0.2) is 11.0 Å². The van der Waals surface area contributed by atoms with E-state index in [4.69, 9.17) is 14.6 Å². The second kappa shape index (κ2) is 12.9. The lowest BCUT2D eigenvalue weighted by molar-refractivity contribution is -0.113. The minimum absolute atomic E-state index is 0.0232. The second-order valence-electron chi connectivity index (χ2n) is 8.97. The molecule has 0 fully saturated rings. The molecule has 0 saturated heterocycles. The monoisotopic (exact) mass is 601 g/mol. The number of hydrogen-bond acceptors (Lipinski definition) is 8. The number of anilines is 1. The van der Waals surface area contributed by atoms with E-state index in [1.807, 2.05) is 78.9 Å². The maximum atomic E-state index is 12.8. The molecule has 1 heterocycles. The lowest BCUT2D eigenvalue weighted by Crippen LogP contribution is -2.16. The quantitative estimate of drug-likeness (QED) is 0.204. The van der Waals surface area contributed by atoms with Gasteiger partial charge in [-0.3, -0.25) is 9.36 Å². The van der Waals surface area contributed by atoms with Gasteiger partial charge in [0.2, 0.25) is 15.9 Å². The van der Waals surface area contributed by atoms with Gasteiger partial charge >= 0.3 is 0 Å². The van der Waals surface area contributed by atoms with Gasteiger partial charge in [0.25, 0.3) is 0 Å². The number of sulfonamides is 1. The lowest BCUT2D eigenvalue weighted by Gasteiger charge is -2.15. The molecule has 0 spiro atoms. The molecular formula is C30H27N5O5S2. The molecule has 12 heteroatoms. The molecular weight excluding hydrogens is 574 g/mol. The van der Waals surface area contributed by atoms with Crippen LogP contribution in [0.1, 0.15) is 5.82 Å². The van der Waals surface area contributed by atoms with Crippen LogP contribution in [0, 0.1) is 0 Å². The van der Waals surface area contributed by atoms with Crippen molar-refractivity contribution in [2.75, 3.05) is 18.2 Å². The summed E-state index contributed by atoms with van der Waals surface area (Å²) in [5.74, 6) is 1.40. The van der Waals surface area contributed by atoms with Crippen molar-refractivity contribution < 1.29 is 22.7 Å². The first-order valence-electron chi connectivity index (χ1n) is 12.7. The number of amides is 1. The molecule has 4 aromatic carbocycles. The van der Waals surface area contributed by atoms with Crippen LogP contribution in [-0.4, -0.2) is 42.0 Å². The van der Waals surface area contributed by atoms with Gasteiger partial charge in [-0.15, -0.1) is 10.2 Å². The summed E-state index contributed by atoms with van der Waals surface area (Å²) in [6.07, 6.45) is 0. The molecule has 214 valence electrons. The Balaban J connectivity index is 1.38. The molecule has 1 aromatic heterocycles. The zero-order chi connectivity index (χ0) is 29.5. The number of nitrogens with zero attached hydrogens (tertiary/aromatic N) is 3. The Hall–Kier alpha value is -4.65. The molecule has 0 bridgehead atoms. The van der Waals surface area contributed by atoms with Crippen molar-refractivity contribution in [3.63, 3.8) is 0 Å². The van der Waals surface area contributed by atoms with Crippen molar-refractivity contribution in [3.05, 3.63) is 109 Å².